The van der Waals surface area contributed by atoms with E-state index in [4.69, 9.17) is 0 Å². The average Bonchev–Trinajstić information content (AvgIpc) is 3.94. The van der Waals surface area contributed by atoms with Crippen LogP contribution < -0.4 is 0 Å². The van der Waals surface area contributed by atoms with Crippen LogP contribution in [-0.2, 0) is 30.7 Å². The van der Waals surface area contributed by atoms with Crippen molar-refractivity contribution in [1.29, 1.82) is 0 Å². The van der Waals surface area contributed by atoms with E-state index in [0.29, 0.717) is 18.5 Å². The number of pyridine rings is 2. The molecule has 56 heavy (non-hydrogen) atoms. The molecule has 0 aliphatic carbocycles. The van der Waals surface area contributed by atoms with E-state index in [9.17, 15) is 4.79 Å². The molecule has 3 aromatic heterocycles. The zero-order valence-corrected chi connectivity index (χ0v) is 32.4. The summed E-state index contributed by atoms with van der Waals surface area (Å²) in [5, 5.41) is 1.22. The van der Waals surface area contributed by atoms with Crippen molar-refractivity contribution in [3.05, 3.63) is 167 Å². The van der Waals surface area contributed by atoms with Crippen LogP contribution in [0.4, 0.5) is 0 Å². The number of carbonyl (C=O) groups excluding carboxylic acids is 1. The van der Waals surface area contributed by atoms with Crippen LogP contribution in [0.25, 0.3) is 44.4 Å². The van der Waals surface area contributed by atoms with Gasteiger partial charge in [0.05, 0.1) is 6.42 Å². The van der Waals surface area contributed by atoms with Gasteiger partial charge in [0.2, 0.25) is 5.91 Å². The van der Waals surface area contributed by atoms with Crippen molar-refractivity contribution in [2.45, 2.75) is 77.5 Å². The second-order valence-electron chi connectivity index (χ2n) is 16.0. The van der Waals surface area contributed by atoms with Crippen LogP contribution in [0.15, 0.2) is 134 Å². The fourth-order valence-corrected chi connectivity index (χ4v) is 9.31. The number of nitrogens with one attached hydrogen (secondary N) is 1. The van der Waals surface area contributed by atoms with Gasteiger partial charge in [0.15, 0.2) is 0 Å². The van der Waals surface area contributed by atoms with Crippen molar-refractivity contribution in [2.24, 2.45) is 0 Å². The normalized spacial score (nSPS) is 16.3. The number of rotatable bonds is 12. The molecule has 1 amide bonds. The molecule has 6 heteroatoms. The van der Waals surface area contributed by atoms with Crippen LogP contribution in [0, 0.1) is 13.8 Å². The summed E-state index contributed by atoms with van der Waals surface area (Å²) in [4.78, 5) is 30.7. The number of carbonyl (C=O) groups is 1. The van der Waals surface area contributed by atoms with E-state index < -0.39 is 0 Å². The molecule has 0 unspecified atom stereocenters. The van der Waals surface area contributed by atoms with E-state index in [2.05, 4.69) is 148 Å². The minimum atomic E-state index is 0.289. The molecule has 6 nitrogen and oxygen atoms in total. The quantitative estimate of drug-likeness (QED) is 0.136. The summed E-state index contributed by atoms with van der Waals surface area (Å²) in [6.45, 7) is 6.86. The topological polar surface area (TPSA) is 65.1 Å². The van der Waals surface area contributed by atoms with Crippen LogP contribution in [0.3, 0.4) is 0 Å². The molecule has 2 bridgehead atoms. The molecule has 7 aromatic rings. The first-order chi connectivity index (χ1) is 27.4. The Kier molecular flexibility index (Phi) is 10.1. The minimum absolute atomic E-state index is 0.289. The number of benzene rings is 4. The Morgan fingerprint density at radius 1 is 0.625 bits per heavy atom. The lowest BCUT2D eigenvalue weighted by molar-refractivity contribution is -0.131. The first kappa shape index (κ1) is 35.8. The van der Waals surface area contributed by atoms with Crippen molar-refractivity contribution < 1.29 is 4.79 Å². The van der Waals surface area contributed by atoms with Crippen LogP contribution in [0.2, 0.25) is 0 Å². The third kappa shape index (κ3) is 7.67. The van der Waals surface area contributed by atoms with E-state index in [-0.39, 0.29) is 5.91 Å². The number of hydrogen-bond donors (Lipinski definition) is 1. The molecule has 5 heterocycles. The van der Waals surface area contributed by atoms with E-state index >= 15 is 0 Å². The number of amides is 1. The van der Waals surface area contributed by atoms with Gasteiger partial charge in [0.25, 0.3) is 0 Å². The standard InChI is InChI=1S/C50H49N5O/c1-34-27-35(2)29-43(28-34)50-46(47-30-38(7-16-48(47)53-50)31-49(56)55-44-12-13-45(55)15-14-44)21-26-54(32-36-3-8-39(9-4-36)41-17-22-51-23-18-41)33-37-5-10-40(11-6-37)42-19-24-52-25-20-42/h3-11,16-20,22-25,27-30,44-45,53H,12-15,21,26,31-33H2,1-2H3. The number of aryl methyl sites for hydroxylation is 2. The van der Waals surface area contributed by atoms with Gasteiger partial charge >= 0.3 is 0 Å². The Bertz CT molecular complexity index is 2330. The summed E-state index contributed by atoms with van der Waals surface area (Å²) in [7, 11) is 0. The molecule has 2 saturated heterocycles. The minimum Gasteiger partial charge on any atom is -0.354 e. The van der Waals surface area contributed by atoms with Crippen LogP contribution in [0.5, 0.6) is 0 Å². The van der Waals surface area contributed by atoms with E-state index in [1.54, 1.807) is 0 Å². The third-order valence-electron chi connectivity index (χ3n) is 12.0. The Morgan fingerprint density at radius 3 is 1.66 bits per heavy atom. The fraction of sp³-hybridized carbons (Fsp3) is 0.260. The summed E-state index contributed by atoms with van der Waals surface area (Å²) in [6.07, 6.45) is 13.4. The van der Waals surface area contributed by atoms with Crippen molar-refractivity contribution in [3.63, 3.8) is 0 Å². The van der Waals surface area contributed by atoms with Crippen LogP contribution in [-0.4, -0.2) is 49.3 Å². The summed E-state index contributed by atoms with van der Waals surface area (Å²) in [5.41, 5.74) is 15.7. The summed E-state index contributed by atoms with van der Waals surface area (Å²) in [6, 6.07) is 40.5. The number of nitrogens with zero attached hydrogens (tertiary/aromatic N) is 4. The summed E-state index contributed by atoms with van der Waals surface area (Å²) < 4.78 is 0. The Balaban J connectivity index is 1.03. The zero-order chi connectivity index (χ0) is 38.0. The first-order valence-corrected chi connectivity index (χ1v) is 20.2. The first-order valence-electron chi connectivity index (χ1n) is 20.2. The SMILES string of the molecule is Cc1cc(C)cc(-c2[nH]c3ccc(CC(=O)N4C5CCC4CC5)cc3c2CCN(Cc2ccc(-c3ccncc3)cc2)Cc2ccc(-c3ccncc3)cc2)c1. The lowest BCUT2D eigenvalue weighted by atomic mass is 9.98. The number of aromatic nitrogens is 3. The molecule has 2 fully saturated rings. The molecule has 280 valence electrons. The molecule has 4 aromatic carbocycles. The van der Waals surface area contributed by atoms with Crippen molar-refractivity contribution in [3.8, 4) is 33.5 Å². The Hall–Kier alpha value is -5.85. The van der Waals surface area contributed by atoms with Gasteiger partial charge in [-0.15, -0.1) is 0 Å². The molecule has 0 radical (unpaired) electrons. The average molecular weight is 736 g/mol. The van der Waals surface area contributed by atoms with E-state index in [1.165, 1.54) is 66.7 Å². The maximum absolute atomic E-state index is 13.7. The van der Waals surface area contributed by atoms with Crippen molar-refractivity contribution in [2.75, 3.05) is 6.54 Å². The van der Waals surface area contributed by atoms with Crippen LogP contribution >= 0.6 is 0 Å². The number of H-pyrrole nitrogens is 1. The molecule has 9 rings (SSSR count). The fourth-order valence-electron chi connectivity index (χ4n) is 9.31. The highest BCUT2D eigenvalue weighted by atomic mass is 16.2. The molecule has 1 N–H and O–H groups in total. The van der Waals surface area contributed by atoms with Gasteiger partial charge in [-0.25, -0.2) is 0 Å². The van der Waals surface area contributed by atoms with Gasteiger partial charge in [-0.05, 0) is 145 Å². The predicted octanol–water partition coefficient (Wildman–Crippen LogP) is 10.5. The molecular formula is C50H49N5O. The molecule has 0 saturated carbocycles. The molecule has 0 atom stereocenters. The van der Waals surface area contributed by atoms with Gasteiger partial charge in [-0.2, -0.15) is 0 Å². The Morgan fingerprint density at radius 2 is 1.12 bits per heavy atom. The highest BCUT2D eigenvalue weighted by molar-refractivity contribution is 5.92. The second kappa shape index (κ2) is 15.7. The van der Waals surface area contributed by atoms with Gasteiger partial charge in [-0.3, -0.25) is 19.7 Å². The molecule has 0 spiro atoms. The lowest BCUT2D eigenvalue weighted by Crippen LogP contribution is -2.36. The van der Waals surface area contributed by atoms with Crippen molar-refractivity contribution in [1.82, 2.24) is 24.8 Å². The van der Waals surface area contributed by atoms with E-state index in [1.807, 2.05) is 24.8 Å². The maximum Gasteiger partial charge on any atom is 0.227 e. The highest BCUT2D eigenvalue weighted by Crippen LogP contribution is 2.38. The molecule has 2 aliphatic rings. The van der Waals surface area contributed by atoms with Crippen LogP contribution in [0.1, 0.15) is 59.1 Å². The van der Waals surface area contributed by atoms with Gasteiger partial charge in [-0.1, -0.05) is 71.8 Å². The lowest BCUT2D eigenvalue weighted by Gasteiger charge is -2.23. The largest absolute Gasteiger partial charge is 0.354 e. The number of fused-ring (bicyclic) bond motifs is 3. The zero-order valence-electron chi connectivity index (χ0n) is 32.4. The third-order valence-corrected chi connectivity index (χ3v) is 12.0. The number of aromatic amines is 1. The molecule has 2 aliphatic heterocycles. The highest BCUT2D eigenvalue weighted by Gasteiger charge is 2.41. The summed E-state index contributed by atoms with van der Waals surface area (Å²) >= 11 is 0. The van der Waals surface area contributed by atoms with Gasteiger partial charge in [0.1, 0.15) is 0 Å². The summed E-state index contributed by atoms with van der Waals surface area (Å²) in [5.74, 6) is 0.289. The monoisotopic (exact) mass is 735 g/mol. The predicted molar refractivity (Wildman–Crippen MR) is 227 cm³/mol. The smallest absolute Gasteiger partial charge is 0.227 e. The second-order valence-corrected chi connectivity index (χ2v) is 16.0. The maximum atomic E-state index is 13.7. The van der Waals surface area contributed by atoms with Gasteiger partial charge < -0.3 is 9.88 Å². The molecular weight excluding hydrogens is 687 g/mol. The van der Waals surface area contributed by atoms with Gasteiger partial charge in [0, 0.05) is 73.1 Å². The number of hydrogen-bond acceptors (Lipinski definition) is 4. The van der Waals surface area contributed by atoms with E-state index in [0.717, 1.165) is 62.8 Å². The van der Waals surface area contributed by atoms with Crippen molar-refractivity contribution >= 4 is 16.8 Å². The Labute approximate surface area is 330 Å².